The summed E-state index contributed by atoms with van der Waals surface area (Å²) in [5.41, 5.74) is 2.81. The molecular weight excluding hydrogens is 248 g/mol. The summed E-state index contributed by atoms with van der Waals surface area (Å²) in [6.07, 6.45) is 8.17. The molecule has 1 aliphatic rings. The van der Waals surface area contributed by atoms with E-state index in [2.05, 4.69) is 0 Å². The number of ketones is 1. The van der Waals surface area contributed by atoms with Crippen molar-refractivity contribution < 1.29 is 9.21 Å². The van der Waals surface area contributed by atoms with Crippen LogP contribution in [-0.2, 0) is 4.79 Å². The predicted molar refractivity (Wildman–Crippen MR) is 80.0 cm³/mol. The Kier molecular flexibility index (Phi) is 3.64. The van der Waals surface area contributed by atoms with Crippen LogP contribution < -0.4 is 0 Å². The lowest BCUT2D eigenvalue weighted by Crippen LogP contribution is -2.12. The zero-order valence-electron chi connectivity index (χ0n) is 11.2. The molecule has 1 saturated carbocycles. The Labute approximate surface area is 118 Å². The first-order valence-corrected chi connectivity index (χ1v) is 6.87. The van der Waals surface area contributed by atoms with Crippen LogP contribution in [0.2, 0.25) is 0 Å². The van der Waals surface area contributed by atoms with Crippen molar-refractivity contribution in [1.29, 1.82) is 0 Å². The van der Waals surface area contributed by atoms with Gasteiger partial charge < -0.3 is 4.42 Å². The number of allylic oxidation sites excluding steroid dienone is 2. The van der Waals surface area contributed by atoms with Crippen LogP contribution in [0.1, 0.15) is 30.6 Å². The van der Waals surface area contributed by atoms with E-state index in [9.17, 15) is 4.79 Å². The summed E-state index contributed by atoms with van der Waals surface area (Å²) >= 11 is 0. The van der Waals surface area contributed by atoms with E-state index in [0.29, 0.717) is 0 Å². The molecule has 1 aromatic carbocycles. The first-order valence-electron chi connectivity index (χ1n) is 6.87. The number of rotatable bonds is 2. The Hall–Kier alpha value is -2.35. The van der Waals surface area contributed by atoms with Gasteiger partial charge in [0.25, 0.3) is 0 Å². The quantitative estimate of drug-likeness (QED) is 0.747. The fraction of sp³-hybridized carbons (Fsp3) is 0.167. The second kappa shape index (κ2) is 5.74. The van der Waals surface area contributed by atoms with Gasteiger partial charge in [0.2, 0.25) is 0 Å². The van der Waals surface area contributed by atoms with Gasteiger partial charge in [-0.05, 0) is 49.1 Å². The maximum absolute atomic E-state index is 12.5. The average Bonchev–Trinajstić information content (AvgIpc) is 2.97. The fourth-order valence-electron chi connectivity index (χ4n) is 2.47. The molecule has 2 nitrogen and oxygen atoms in total. The number of hydrogen-bond donors (Lipinski definition) is 0. The monoisotopic (exact) mass is 264 g/mol. The lowest BCUT2D eigenvalue weighted by molar-refractivity contribution is -0.112. The number of carbonyl (C=O) groups is 1. The van der Waals surface area contributed by atoms with E-state index in [1.807, 2.05) is 54.6 Å². The maximum atomic E-state index is 12.5. The molecule has 1 fully saturated rings. The Morgan fingerprint density at radius 2 is 1.65 bits per heavy atom. The summed E-state index contributed by atoms with van der Waals surface area (Å²) in [7, 11) is 0. The molecule has 0 radical (unpaired) electrons. The zero-order valence-corrected chi connectivity index (χ0v) is 11.2. The van der Waals surface area contributed by atoms with Crippen molar-refractivity contribution >= 4 is 17.9 Å². The Morgan fingerprint density at radius 1 is 0.900 bits per heavy atom. The third-order valence-corrected chi connectivity index (χ3v) is 3.48. The summed E-state index contributed by atoms with van der Waals surface area (Å²) in [6, 6.07) is 13.7. The maximum Gasteiger partial charge on any atom is 0.185 e. The van der Waals surface area contributed by atoms with Gasteiger partial charge in [0.15, 0.2) is 5.78 Å². The van der Waals surface area contributed by atoms with E-state index in [1.165, 1.54) is 0 Å². The summed E-state index contributed by atoms with van der Waals surface area (Å²) in [4.78, 5) is 12.5. The van der Waals surface area contributed by atoms with Crippen LogP contribution in [-0.4, -0.2) is 5.78 Å². The predicted octanol–water partition coefficient (Wildman–Crippen LogP) is 4.50. The van der Waals surface area contributed by atoms with E-state index in [4.69, 9.17) is 4.42 Å². The minimum Gasteiger partial charge on any atom is -0.465 e. The minimum absolute atomic E-state index is 0.150. The second-order valence-electron chi connectivity index (χ2n) is 4.95. The van der Waals surface area contributed by atoms with E-state index in [-0.39, 0.29) is 5.78 Å². The summed E-state index contributed by atoms with van der Waals surface area (Å²) in [5.74, 6) is 0.894. The Balaban J connectivity index is 1.88. The second-order valence-corrected chi connectivity index (χ2v) is 4.95. The largest absolute Gasteiger partial charge is 0.465 e. The standard InChI is InChI=1S/C18H16O2/c19-18-15(12-14-6-2-1-3-7-14)8-4-9-16(18)13-17-10-5-11-20-17/h1-3,5-7,10-13H,4,8-9H2/b15-12+,16-13-. The SMILES string of the molecule is O=C1/C(=C\c2ccco2)CCC/C1=C\c1ccccc1. The fourth-order valence-corrected chi connectivity index (χ4v) is 2.47. The van der Waals surface area contributed by atoms with Crippen LogP contribution in [0.25, 0.3) is 12.2 Å². The first kappa shape index (κ1) is 12.7. The van der Waals surface area contributed by atoms with Gasteiger partial charge in [-0.1, -0.05) is 30.3 Å². The molecule has 0 bridgehead atoms. The van der Waals surface area contributed by atoms with Crippen molar-refractivity contribution in [3.05, 3.63) is 71.2 Å². The first-order chi connectivity index (χ1) is 9.83. The molecule has 1 aromatic heterocycles. The van der Waals surface area contributed by atoms with Crippen molar-refractivity contribution in [3.8, 4) is 0 Å². The lowest BCUT2D eigenvalue weighted by Gasteiger charge is -2.16. The van der Waals surface area contributed by atoms with E-state index in [1.54, 1.807) is 6.26 Å². The van der Waals surface area contributed by atoms with Crippen LogP contribution in [0.5, 0.6) is 0 Å². The molecule has 0 N–H and O–H groups in total. The zero-order chi connectivity index (χ0) is 13.8. The van der Waals surface area contributed by atoms with Crippen molar-refractivity contribution in [2.45, 2.75) is 19.3 Å². The molecular formula is C18H16O2. The molecule has 0 unspecified atom stereocenters. The molecule has 100 valence electrons. The van der Waals surface area contributed by atoms with Gasteiger partial charge in [-0.15, -0.1) is 0 Å². The molecule has 1 heterocycles. The highest BCUT2D eigenvalue weighted by Crippen LogP contribution is 2.28. The van der Waals surface area contributed by atoms with Gasteiger partial charge in [-0.3, -0.25) is 4.79 Å². The highest BCUT2D eigenvalue weighted by molar-refractivity contribution is 6.13. The summed E-state index contributed by atoms with van der Waals surface area (Å²) in [6.45, 7) is 0. The molecule has 0 atom stereocenters. The highest BCUT2D eigenvalue weighted by atomic mass is 16.3. The Bertz CT molecular complexity index is 646. The molecule has 0 amide bonds. The van der Waals surface area contributed by atoms with Gasteiger partial charge in [-0.25, -0.2) is 0 Å². The van der Waals surface area contributed by atoms with E-state index < -0.39 is 0 Å². The van der Waals surface area contributed by atoms with E-state index >= 15 is 0 Å². The van der Waals surface area contributed by atoms with Crippen molar-refractivity contribution in [2.75, 3.05) is 0 Å². The van der Waals surface area contributed by atoms with Gasteiger partial charge in [-0.2, -0.15) is 0 Å². The van der Waals surface area contributed by atoms with Crippen LogP contribution in [0.3, 0.4) is 0 Å². The van der Waals surface area contributed by atoms with Crippen LogP contribution in [0, 0.1) is 0 Å². The van der Waals surface area contributed by atoms with Crippen molar-refractivity contribution in [1.82, 2.24) is 0 Å². The number of carbonyl (C=O) groups excluding carboxylic acids is 1. The normalized spacial score (nSPS) is 19.7. The number of furan rings is 1. The smallest absolute Gasteiger partial charge is 0.185 e. The van der Waals surface area contributed by atoms with Gasteiger partial charge in [0.1, 0.15) is 5.76 Å². The van der Waals surface area contributed by atoms with Crippen LogP contribution >= 0.6 is 0 Å². The molecule has 0 aliphatic heterocycles. The molecule has 0 spiro atoms. The third-order valence-electron chi connectivity index (χ3n) is 3.48. The Morgan fingerprint density at radius 3 is 2.35 bits per heavy atom. The van der Waals surface area contributed by atoms with Crippen LogP contribution in [0.4, 0.5) is 0 Å². The molecule has 3 rings (SSSR count). The van der Waals surface area contributed by atoms with Gasteiger partial charge >= 0.3 is 0 Å². The minimum atomic E-state index is 0.150. The van der Waals surface area contributed by atoms with Crippen molar-refractivity contribution in [3.63, 3.8) is 0 Å². The van der Waals surface area contributed by atoms with Gasteiger partial charge in [0.05, 0.1) is 6.26 Å². The lowest BCUT2D eigenvalue weighted by atomic mass is 9.87. The van der Waals surface area contributed by atoms with Gasteiger partial charge in [0, 0.05) is 11.1 Å². The third kappa shape index (κ3) is 2.80. The molecule has 2 aromatic rings. The topological polar surface area (TPSA) is 30.2 Å². The van der Waals surface area contributed by atoms with Crippen LogP contribution in [0.15, 0.2) is 64.3 Å². The number of hydrogen-bond acceptors (Lipinski definition) is 2. The summed E-state index contributed by atoms with van der Waals surface area (Å²) < 4.78 is 5.29. The average molecular weight is 264 g/mol. The molecule has 0 saturated heterocycles. The molecule has 1 aliphatic carbocycles. The number of benzene rings is 1. The highest BCUT2D eigenvalue weighted by Gasteiger charge is 2.20. The van der Waals surface area contributed by atoms with E-state index in [0.717, 1.165) is 41.7 Å². The molecule has 20 heavy (non-hydrogen) atoms. The van der Waals surface area contributed by atoms with Crippen molar-refractivity contribution in [2.24, 2.45) is 0 Å². The molecule has 2 heteroatoms. The summed E-state index contributed by atoms with van der Waals surface area (Å²) in [5, 5.41) is 0. The number of Topliss-reactive ketones (excluding diaryl/α,β-unsaturated/α-hetero) is 1.